The maximum absolute atomic E-state index is 12.9. The summed E-state index contributed by atoms with van der Waals surface area (Å²) in [5, 5.41) is 0.0455. The summed E-state index contributed by atoms with van der Waals surface area (Å²) in [6.07, 6.45) is 0.860. The average Bonchev–Trinajstić information content (AvgIpc) is 2.83. The molecule has 1 aromatic heterocycles. The molecule has 1 aromatic carbocycles. The number of rotatable bonds is 5. The van der Waals surface area contributed by atoms with E-state index in [-0.39, 0.29) is 17.1 Å². The molecule has 0 bridgehead atoms. The molecule has 2 rings (SSSR count). The summed E-state index contributed by atoms with van der Waals surface area (Å²) in [7, 11) is 0. The van der Waals surface area contributed by atoms with Gasteiger partial charge in [0.05, 0.1) is 5.25 Å². The molecular formula is C15H18FNOS. The van der Waals surface area contributed by atoms with E-state index < -0.39 is 0 Å². The van der Waals surface area contributed by atoms with Gasteiger partial charge in [-0.3, -0.25) is 0 Å². The van der Waals surface area contributed by atoms with Crippen molar-refractivity contribution in [3.63, 3.8) is 0 Å². The Hall–Kier alpha value is -1.26. The van der Waals surface area contributed by atoms with Crippen molar-refractivity contribution >= 4 is 11.8 Å². The molecule has 1 heterocycles. The van der Waals surface area contributed by atoms with Crippen molar-refractivity contribution in [2.45, 2.75) is 36.5 Å². The van der Waals surface area contributed by atoms with Crippen molar-refractivity contribution in [1.29, 1.82) is 0 Å². The van der Waals surface area contributed by atoms with Crippen LogP contribution in [0.1, 0.15) is 30.1 Å². The predicted molar refractivity (Wildman–Crippen MR) is 76.7 cm³/mol. The quantitative estimate of drug-likeness (QED) is 0.829. The number of nitrogens with two attached hydrogens (primary N) is 1. The zero-order valence-corrected chi connectivity index (χ0v) is 11.9. The fourth-order valence-corrected chi connectivity index (χ4v) is 3.03. The third-order valence-electron chi connectivity index (χ3n) is 2.98. The van der Waals surface area contributed by atoms with Gasteiger partial charge in [-0.15, -0.1) is 11.8 Å². The Morgan fingerprint density at radius 2 is 1.89 bits per heavy atom. The Labute approximate surface area is 117 Å². The van der Waals surface area contributed by atoms with Gasteiger partial charge in [-0.05, 0) is 49.7 Å². The third-order valence-corrected chi connectivity index (χ3v) is 4.36. The minimum Gasteiger partial charge on any atom is -0.465 e. The molecule has 2 atom stereocenters. The van der Waals surface area contributed by atoms with Gasteiger partial charge in [-0.1, -0.05) is 6.92 Å². The third kappa shape index (κ3) is 3.61. The Morgan fingerprint density at radius 3 is 2.42 bits per heavy atom. The summed E-state index contributed by atoms with van der Waals surface area (Å²) >= 11 is 1.61. The van der Waals surface area contributed by atoms with Crippen LogP contribution in [0.3, 0.4) is 0 Å². The van der Waals surface area contributed by atoms with Crippen LogP contribution in [0.25, 0.3) is 0 Å². The second-order valence-corrected chi connectivity index (χ2v) is 5.73. The topological polar surface area (TPSA) is 39.2 Å². The zero-order chi connectivity index (χ0) is 13.8. The molecule has 2 aromatic rings. The first kappa shape index (κ1) is 14.2. The van der Waals surface area contributed by atoms with Gasteiger partial charge in [0, 0.05) is 10.9 Å². The number of benzene rings is 1. The Morgan fingerprint density at radius 1 is 1.21 bits per heavy atom. The second kappa shape index (κ2) is 6.26. The van der Waals surface area contributed by atoms with Crippen LogP contribution >= 0.6 is 11.8 Å². The number of aryl methyl sites for hydroxylation is 1. The zero-order valence-electron chi connectivity index (χ0n) is 11.1. The summed E-state index contributed by atoms with van der Waals surface area (Å²) in [5.74, 6) is 1.53. The van der Waals surface area contributed by atoms with Gasteiger partial charge in [0.2, 0.25) is 0 Å². The SMILES string of the molecule is CCC(N)C(Sc1ccc(F)cc1)c1ccc(C)o1. The van der Waals surface area contributed by atoms with Gasteiger partial charge in [-0.2, -0.15) is 0 Å². The van der Waals surface area contributed by atoms with Crippen LogP contribution < -0.4 is 5.73 Å². The van der Waals surface area contributed by atoms with E-state index >= 15 is 0 Å². The lowest BCUT2D eigenvalue weighted by Gasteiger charge is -2.20. The second-order valence-electron chi connectivity index (χ2n) is 4.51. The van der Waals surface area contributed by atoms with Crippen LogP contribution in [0.2, 0.25) is 0 Å². The molecule has 0 aliphatic carbocycles. The molecule has 0 aliphatic rings. The van der Waals surface area contributed by atoms with Crippen molar-refractivity contribution in [2.24, 2.45) is 5.73 Å². The molecule has 0 radical (unpaired) electrons. The van der Waals surface area contributed by atoms with Crippen LogP contribution in [-0.4, -0.2) is 6.04 Å². The first-order chi connectivity index (χ1) is 9.10. The first-order valence-electron chi connectivity index (χ1n) is 6.34. The Kier molecular flexibility index (Phi) is 4.66. The summed E-state index contributed by atoms with van der Waals surface area (Å²) in [5.41, 5.74) is 6.18. The highest BCUT2D eigenvalue weighted by molar-refractivity contribution is 7.99. The standard InChI is InChI=1S/C15H18FNOS/c1-3-13(17)15(14-9-4-10(2)18-14)19-12-7-5-11(16)6-8-12/h4-9,13,15H,3,17H2,1-2H3. The maximum atomic E-state index is 12.9. The van der Waals surface area contributed by atoms with E-state index in [2.05, 4.69) is 6.92 Å². The summed E-state index contributed by atoms with van der Waals surface area (Å²) in [4.78, 5) is 0.990. The van der Waals surface area contributed by atoms with E-state index in [9.17, 15) is 4.39 Å². The van der Waals surface area contributed by atoms with E-state index in [1.54, 1.807) is 23.9 Å². The van der Waals surface area contributed by atoms with Crippen LogP contribution in [0.5, 0.6) is 0 Å². The highest BCUT2D eigenvalue weighted by atomic mass is 32.2. The number of halogens is 1. The number of hydrogen-bond acceptors (Lipinski definition) is 3. The van der Waals surface area contributed by atoms with Crippen molar-refractivity contribution < 1.29 is 8.81 Å². The van der Waals surface area contributed by atoms with Crippen LogP contribution in [0, 0.1) is 12.7 Å². The summed E-state index contributed by atoms with van der Waals surface area (Å²) in [6, 6.07) is 10.4. The van der Waals surface area contributed by atoms with Crippen LogP contribution in [0.15, 0.2) is 45.7 Å². The molecule has 0 aliphatic heterocycles. The normalized spacial score (nSPS) is 14.3. The first-order valence-corrected chi connectivity index (χ1v) is 7.22. The average molecular weight is 279 g/mol. The molecular weight excluding hydrogens is 261 g/mol. The van der Waals surface area contributed by atoms with E-state index in [0.29, 0.717) is 0 Å². The minimum absolute atomic E-state index is 0.000558. The Bertz CT molecular complexity index is 523. The number of furan rings is 1. The lowest BCUT2D eigenvalue weighted by atomic mass is 10.1. The van der Waals surface area contributed by atoms with Crippen molar-refractivity contribution in [3.8, 4) is 0 Å². The molecule has 2 unspecified atom stereocenters. The monoisotopic (exact) mass is 279 g/mol. The van der Waals surface area contributed by atoms with Crippen molar-refractivity contribution in [1.82, 2.24) is 0 Å². The highest BCUT2D eigenvalue weighted by Gasteiger charge is 2.23. The molecule has 0 amide bonds. The van der Waals surface area contributed by atoms with E-state index in [1.165, 1.54) is 12.1 Å². The summed E-state index contributed by atoms with van der Waals surface area (Å²) < 4.78 is 18.6. The van der Waals surface area contributed by atoms with E-state index in [0.717, 1.165) is 22.8 Å². The highest BCUT2D eigenvalue weighted by Crippen LogP contribution is 2.38. The largest absolute Gasteiger partial charge is 0.465 e. The molecule has 0 spiro atoms. The summed E-state index contributed by atoms with van der Waals surface area (Å²) in [6.45, 7) is 3.97. The van der Waals surface area contributed by atoms with Crippen LogP contribution in [-0.2, 0) is 0 Å². The maximum Gasteiger partial charge on any atom is 0.123 e. The fourth-order valence-electron chi connectivity index (χ4n) is 1.84. The van der Waals surface area contributed by atoms with Gasteiger partial charge in [-0.25, -0.2) is 4.39 Å². The molecule has 0 fully saturated rings. The lowest BCUT2D eigenvalue weighted by molar-refractivity contribution is 0.454. The molecule has 4 heteroatoms. The molecule has 2 nitrogen and oxygen atoms in total. The molecule has 2 N–H and O–H groups in total. The van der Waals surface area contributed by atoms with Crippen LogP contribution in [0.4, 0.5) is 4.39 Å². The molecule has 19 heavy (non-hydrogen) atoms. The van der Waals surface area contributed by atoms with Crippen molar-refractivity contribution in [2.75, 3.05) is 0 Å². The predicted octanol–water partition coefficient (Wildman–Crippen LogP) is 4.30. The van der Waals surface area contributed by atoms with E-state index in [4.69, 9.17) is 10.2 Å². The van der Waals surface area contributed by atoms with Gasteiger partial charge in [0.1, 0.15) is 17.3 Å². The minimum atomic E-state index is -0.227. The molecule has 102 valence electrons. The van der Waals surface area contributed by atoms with E-state index in [1.807, 2.05) is 19.1 Å². The van der Waals surface area contributed by atoms with Crippen molar-refractivity contribution in [3.05, 3.63) is 53.7 Å². The smallest absolute Gasteiger partial charge is 0.123 e. The van der Waals surface area contributed by atoms with Gasteiger partial charge < -0.3 is 10.2 Å². The number of hydrogen-bond donors (Lipinski definition) is 1. The fraction of sp³-hybridized carbons (Fsp3) is 0.333. The lowest BCUT2D eigenvalue weighted by Crippen LogP contribution is -2.25. The molecule has 0 saturated carbocycles. The Balaban J connectivity index is 2.21. The van der Waals surface area contributed by atoms with Gasteiger partial charge in [0.15, 0.2) is 0 Å². The molecule has 0 saturated heterocycles. The van der Waals surface area contributed by atoms with Gasteiger partial charge >= 0.3 is 0 Å². The van der Waals surface area contributed by atoms with Gasteiger partial charge in [0.25, 0.3) is 0 Å². The number of thioether (sulfide) groups is 1.